The molecule has 44 heavy (non-hydrogen) atoms. The van der Waals surface area contributed by atoms with E-state index in [1.165, 1.54) is 6.33 Å². The number of carbonyl (C=O) groups is 2. The molecule has 6 rings (SSSR count). The first kappa shape index (κ1) is 29.3. The van der Waals surface area contributed by atoms with Gasteiger partial charge in [-0.3, -0.25) is 15.3 Å². The molecule has 1 aliphatic carbocycles. The zero-order valence-corrected chi connectivity index (χ0v) is 24.1. The Morgan fingerprint density at radius 3 is 2.70 bits per heavy atom. The maximum atomic E-state index is 12.1. The molecule has 12 heteroatoms. The van der Waals surface area contributed by atoms with Crippen LogP contribution in [0, 0.1) is 5.92 Å². The molecular weight excluding hydrogens is 562 g/mol. The van der Waals surface area contributed by atoms with E-state index in [0.29, 0.717) is 42.2 Å². The van der Waals surface area contributed by atoms with Crippen molar-refractivity contribution in [3.8, 4) is 0 Å². The highest BCUT2D eigenvalue weighted by atomic mass is 16.7. The number of hydrogen-bond donors (Lipinski definition) is 4. The fourth-order valence-corrected chi connectivity index (χ4v) is 5.88. The summed E-state index contributed by atoms with van der Waals surface area (Å²) in [6.45, 7) is 3.21. The number of carbonyl (C=O) groups excluding carboxylic acids is 1. The third kappa shape index (κ3) is 6.42. The molecule has 4 aromatic rings. The van der Waals surface area contributed by atoms with Crippen LogP contribution in [0.25, 0.3) is 17.1 Å². The maximum absolute atomic E-state index is 12.1. The molecule has 1 saturated heterocycles. The molecule has 1 aliphatic heterocycles. The average molecular weight is 596 g/mol. The van der Waals surface area contributed by atoms with Crippen LogP contribution in [-0.4, -0.2) is 68.6 Å². The Bertz CT molecular complexity index is 1670. The Hall–Kier alpha value is -4.78. The van der Waals surface area contributed by atoms with Crippen molar-refractivity contribution in [3.05, 3.63) is 95.7 Å². The van der Waals surface area contributed by atoms with Crippen molar-refractivity contribution in [1.29, 1.82) is 0 Å². The number of nitrogens with one attached hydrogen (secondary N) is 3. The van der Waals surface area contributed by atoms with E-state index in [1.807, 2.05) is 55.5 Å². The zero-order valence-electron chi connectivity index (χ0n) is 24.1. The molecule has 1 aromatic carbocycles. The van der Waals surface area contributed by atoms with Crippen LogP contribution in [0.2, 0.25) is 0 Å². The summed E-state index contributed by atoms with van der Waals surface area (Å²) < 4.78 is 12.9. The van der Waals surface area contributed by atoms with Gasteiger partial charge in [0.1, 0.15) is 11.8 Å². The van der Waals surface area contributed by atoms with Gasteiger partial charge in [0.05, 0.1) is 29.0 Å². The monoisotopic (exact) mass is 595 g/mol. The van der Waals surface area contributed by atoms with E-state index in [1.54, 1.807) is 24.5 Å². The van der Waals surface area contributed by atoms with Crippen LogP contribution in [0.5, 0.6) is 0 Å². The van der Waals surface area contributed by atoms with Crippen LogP contribution in [0.15, 0.2) is 73.3 Å². The van der Waals surface area contributed by atoms with Gasteiger partial charge in [0.15, 0.2) is 12.1 Å². The fourth-order valence-electron chi connectivity index (χ4n) is 5.88. The molecule has 4 N–H and O–H groups in total. The second-order valence-electron chi connectivity index (χ2n) is 10.7. The molecule has 3 aromatic heterocycles. The Labute approximate surface area is 254 Å². The molecule has 4 unspecified atom stereocenters. The second-order valence-corrected chi connectivity index (χ2v) is 10.7. The van der Waals surface area contributed by atoms with E-state index in [-0.39, 0.29) is 35.6 Å². The largest absolute Gasteiger partial charge is 0.478 e. The van der Waals surface area contributed by atoms with Gasteiger partial charge in [-0.2, -0.15) is 0 Å². The summed E-state index contributed by atoms with van der Waals surface area (Å²) in [4.78, 5) is 41.3. The van der Waals surface area contributed by atoms with Crippen LogP contribution < -0.4 is 16.0 Å². The van der Waals surface area contributed by atoms with E-state index >= 15 is 0 Å². The Balaban J connectivity index is 1.23. The van der Waals surface area contributed by atoms with E-state index in [2.05, 4.69) is 35.9 Å². The summed E-state index contributed by atoms with van der Waals surface area (Å²) in [5.41, 5.74) is 3.76. The predicted octanol–water partition coefficient (Wildman–Crippen LogP) is 3.98. The normalized spacial score (nSPS) is 22.7. The lowest BCUT2D eigenvalue weighted by Gasteiger charge is -2.19. The van der Waals surface area contributed by atoms with Gasteiger partial charge in [0.25, 0.3) is 0 Å². The summed E-state index contributed by atoms with van der Waals surface area (Å²) in [6, 6.07) is 14.7. The maximum Gasteiger partial charge on any atom is 0.337 e. The summed E-state index contributed by atoms with van der Waals surface area (Å²) in [5.74, 6) is -0.625. The molecule has 2 amide bonds. The molecule has 1 saturated carbocycles. The molecular formula is C32H33N7O5. The predicted molar refractivity (Wildman–Crippen MR) is 163 cm³/mol. The minimum absolute atomic E-state index is 0.0296. The third-order valence-electron chi connectivity index (χ3n) is 7.88. The van der Waals surface area contributed by atoms with Gasteiger partial charge in [-0.1, -0.05) is 36.4 Å². The molecule has 0 bridgehead atoms. The summed E-state index contributed by atoms with van der Waals surface area (Å²) >= 11 is 0. The number of aromatic carboxylic acids is 1. The van der Waals surface area contributed by atoms with Gasteiger partial charge < -0.3 is 25.2 Å². The van der Waals surface area contributed by atoms with E-state index in [4.69, 9.17) is 9.47 Å². The molecule has 2 fully saturated rings. The van der Waals surface area contributed by atoms with Gasteiger partial charge in [0, 0.05) is 43.9 Å². The molecule has 226 valence electrons. The molecule has 4 heterocycles. The van der Waals surface area contributed by atoms with E-state index < -0.39 is 12.3 Å². The van der Waals surface area contributed by atoms with Crippen molar-refractivity contribution in [2.75, 3.05) is 18.4 Å². The lowest BCUT2D eigenvalue weighted by atomic mass is 9.95. The minimum Gasteiger partial charge on any atom is -0.478 e. The van der Waals surface area contributed by atoms with Crippen molar-refractivity contribution in [2.45, 2.75) is 44.3 Å². The lowest BCUT2D eigenvalue weighted by molar-refractivity contribution is -0.0463. The number of benzene rings is 1. The molecule has 12 nitrogen and oxygen atoms in total. The first-order valence-electron chi connectivity index (χ1n) is 14.6. The smallest absolute Gasteiger partial charge is 0.337 e. The number of urea groups is 1. The number of carboxylic acid groups (broad SMARTS) is 1. The minimum atomic E-state index is -1.01. The molecule has 5 atom stereocenters. The summed E-state index contributed by atoms with van der Waals surface area (Å²) in [5, 5.41) is 18.4. The van der Waals surface area contributed by atoms with Crippen LogP contribution in [0.1, 0.15) is 46.4 Å². The number of aromatic nitrogens is 4. The number of anilines is 1. The number of fused-ring (bicyclic) bond motifs is 2. The lowest BCUT2D eigenvalue weighted by Crippen LogP contribution is -2.32. The topological polar surface area (TPSA) is 160 Å². The zero-order chi connectivity index (χ0) is 30.5. The second kappa shape index (κ2) is 13.2. The van der Waals surface area contributed by atoms with Gasteiger partial charge in [-0.05, 0) is 48.7 Å². The number of nitrogens with zero attached hydrogens (tertiary/aromatic N) is 4. The van der Waals surface area contributed by atoms with Crippen LogP contribution in [0.3, 0.4) is 0 Å². The van der Waals surface area contributed by atoms with Crippen molar-refractivity contribution < 1.29 is 24.2 Å². The molecule has 2 aliphatic rings. The van der Waals surface area contributed by atoms with Gasteiger partial charge >= 0.3 is 12.0 Å². The van der Waals surface area contributed by atoms with Gasteiger partial charge in [-0.15, -0.1) is 0 Å². The van der Waals surface area contributed by atoms with Crippen LogP contribution >= 0.6 is 0 Å². The number of hydrogen-bond acceptors (Lipinski definition) is 9. The van der Waals surface area contributed by atoms with Crippen molar-refractivity contribution in [3.63, 3.8) is 0 Å². The van der Waals surface area contributed by atoms with Crippen molar-refractivity contribution in [2.24, 2.45) is 5.92 Å². The van der Waals surface area contributed by atoms with Crippen molar-refractivity contribution in [1.82, 2.24) is 30.6 Å². The van der Waals surface area contributed by atoms with E-state index in [9.17, 15) is 14.7 Å². The van der Waals surface area contributed by atoms with Crippen LogP contribution in [-0.2, 0) is 16.0 Å². The van der Waals surface area contributed by atoms with E-state index in [0.717, 1.165) is 17.5 Å². The van der Waals surface area contributed by atoms with Crippen molar-refractivity contribution >= 4 is 34.9 Å². The average Bonchev–Trinajstić information content (AvgIpc) is 3.60. The number of pyridine rings is 2. The standard InChI is InChI=1S/C32H33N7O5/c1-2-34-32(42)39-30-27-24(37-18-38-30)14-20(16-36-27)23-13-21(15-33-17-25-22(31(40)41)9-6-12-35-25)28-29(23)44-26(43-28)11-10-19-7-4-3-5-8-19/h3-12,14,16,18,21,23,26,28-29,33H,2,13,15,17H2,1H3,(H,40,41)(H2,34,37,38,39,42)/b11-10+/t21?,23?,26-,28?,29?/m0/s1. The highest BCUT2D eigenvalue weighted by Crippen LogP contribution is 2.46. The highest BCUT2D eigenvalue weighted by Gasteiger charge is 2.51. The molecule has 0 spiro atoms. The first-order valence-corrected chi connectivity index (χ1v) is 14.6. The number of amides is 2. The van der Waals surface area contributed by atoms with Gasteiger partial charge in [-0.25, -0.2) is 19.6 Å². The Morgan fingerprint density at radius 1 is 1.05 bits per heavy atom. The third-order valence-corrected chi connectivity index (χ3v) is 7.88. The Kier molecular flexibility index (Phi) is 8.82. The quantitative estimate of drug-likeness (QED) is 0.211. The number of carboxylic acids is 1. The SMILES string of the molecule is CCNC(=O)Nc1ncnc2cc(C3CC(CNCc4ncccc4C(=O)O)C4O[C@H](/C=C/c5ccccc5)OC34)cnc12. The number of rotatable bonds is 10. The van der Waals surface area contributed by atoms with Crippen LogP contribution in [0.4, 0.5) is 10.6 Å². The fraction of sp³-hybridized carbons (Fsp3) is 0.312. The van der Waals surface area contributed by atoms with Gasteiger partial charge in [0.2, 0.25) is 0 Å². The first-order chi connectivity index (χ1) is 21.5. The summed E-state index contributed by atoms with van der Waals surface area (Å²) in [6.07, 6.45) is 8.51. The number of ether oxygens (including phenoxy) is 2. The molecule has 0 radical (unpaired) electrons. The highest BCUT2D eigenvalue weighted by molar-refractivity contribution is 5.96. The Morgan fingerprint density at radius 2 is 1.89 bits per heavy atom. The summed E-state index contributed by atoms with van der Waals surface area (Å²) in [7, 11) is 0.